The normalized spacial score (nSPS) is 18.7. The molecule has 0 amide bonds. The highest BCUT2D eigenvalue weighted by Crippen LogP contribution is 2.30. The van der Waals surface area contributed by atoms with Crippen LogP contribution in [0.3, 0.4) is 0 Å². The summed E-state index contributed by atoms with van der Waals surface area (Å²) in [5.41, 5.74) is 2.80. The summed E-state index contributed by atoms with van der Waals surface area (Å²) in [6.45, 7) is 6.76. The molecule has 12 heteroatoms. The first-order chi connectivity index (χ1) is 17.4. The van der Waals surface area contributed by atoms with Crippen LogP contribution in [-0.2, 0) is 23.1 Å². The number of hydrogen-bond acceptors (Lipinski definition) is 10. The van der Waals surface area contributed by atoms with Crippen LogP contribution in [0.1, 0.15) is 69.3 Å². The summed E-state index contributed by atoms with van der Waals surface area (Å²) in [4.78, 5) is 20.4. The highest BCUT2D eigenvalue weighted by Gasteiger charge is 2.28. The van der Waals surface area contributed by atoms with Crippen LogP contribution in [0.15, 0.2) is 16.7 Å². The van der Waals surface area contributed by atoms with Gasteiger partial charge in [-0.1, -0.05) is 12.1 Å². The van der Waals surface area contributed by atoms with Crippen molar-refractivity contribution in [1.29, 1.82) is 0 Å². The number of carboxylic acids is 1. The van der Waals surface area contributed by atoms with E-state index in [-0.39, 0.29) is 18.1 Å². The number of anilines is 1. The molecule has 0 spiro atoms. The van der Waals surface area contributed by atoms with E-state index in [2.05, 4.69) is 25.8 Å². The number of nitrogens with zero attached hydrogens (tertiary/aromatic N) is 6. The lowest BCUT2D eigenvalue weighted by atomic mass is 9.87. The third-order valence-electron chi connectivity index (χ3n) is 6.27. The molecule has 0 saturated heterocycles. The summed E-state index contributed by atoms with van der Waals surface area (Å²) in [5, 5.41) is 24.9. The highest BCUT2D eigenvalue weighted by atomic mass is 16.5. The van der Waals surface area contributed by atoms with Crippen molar-refractivity contribution in [2.45, 2.75) is 71.6 Å². The van der Waals surface area contributed by atoms with Crippen LogP contribution in [0.2, 0.25) is 0 Å². The maximum absolute atomic E-state index is 11.4. The molecule has 4 rings (SSSR count). The van der Waals surface area contributed by atoms with Gasteiger partial charge in [0.15, 0.2) is 0 Å². The molecular weight excluding hydrogens is 466 g/mol. The van der Waals surface area contributed by atoms with Crippen molar-refractivity contribution in [2.24, 2.45) is 13.0 Å². The molecule has 12 nitrogen and oxygen atoms in total. The Labute approximate surface area is 209 Å². The van der Waals surface area contributed by atoms with E-state index >= 15 is 0 Å². The number of rotatable bonds is 11. The number of hydrogen-bond donors (Lipinski definition) is 2. The van der Waals surface area contributed by atoms with Gasteiger partial charge in [-0.2, -0.15) is 4.98 Å². The van der Waals surface area contributed by atoms with Crippen molar-refractivity contribution >= 4 is 11.9 Å². The number of aromatic nitrogens is 6. The molecule has 0 bridgehead atoms. The second-order valence-electron chi connectivity index (χ2n) is 9.05. The molecule has 0 unspecified atom stereocenters. The summed E-state index contributed by atoms with van der Waals surface area (Å²) in [6, 6.07) is 3.70. The number of pyridine rings is 1. The van der Waals surface area contributed by atoms with Gasteiger partial charge in [0.25, 0.3) is 11.8 Å². The molecule has 3 heterocycles. The number of carbonyl (C=O) groups is 1. The van der Waals surface area contributed by atoms with Crippen molar-refractivity contribution in [3.05, 3.63) is 29.4 Å². The number of carboxylic acid groups (broad SMARTS) is 1. The van der Waals surface area contributed by atoms with E-state index in [9.17, 15) is 9.90 Å². The zero-order valence-corrected chi connectivity index (χ0v) is 21.1. The molecule has 3 aromatic heterocycles. The second-order valence-corrected chi connectivity index (χ2v) is 9.05. The Morgan fingerprint density at radius 1 is 1.33 bits per heavy atom. The number of ether oxygens (including phenoxy) is 2. The average Bonchev–Trinajstić information content (AvgIpc) is 3.49. The third-order valence-corrected chi connectivity index (χ3v) is 6.27. The van der Waals surface area contributed by atoms with E-state index in [4.69, 9.17) is 19.0 Å². The molecule has 3 aromatic rings. The van der Waals surface area contributed by atoms with Gasteiger partial charge < -0.3 is 24.4 Å². The quantitative estimate of drug-likeness (QED) is 0.397. The molecule has 0 aromatic carbocycles. The van der Waals surface area contributed by atoms with Crippen LogP contribution >= 0.6 is 0 Å². The van der Waals surface area contributed by atoms with Crippen LogP contribution in [-0.4, -0.2) is 53.9 Å². The van der Waals surface area contributed by atoms with Crippen LogP contribution in [0, 0.1) is 12.8 Å². The molecule has 36 heavy (non-hydrogen) atoms. The summed E-state index contributed by atoms with van der Waals surface area (Å²) in [7, 11) is 1.81. The number of aryl methyl sites for hydroxylation is 2. The smallest absolute Gasteiger partial charge is 0.306 e. The molecule has 2 N–H and O–H groups in total. The lowest BCUT2D eigenvalue weighted by molar-refractivity contribution is -0.143. The Bertz CT molecular complexity index is 1180. The van der Waals surface area contributed by atoms with Crippen molar-refractivity contribution < 1.29 is 23.9 Å². The summed E-state index contributed by atoms with van der Waals surface area (Å²) in [5.74, 6) is 0.304. The van der Waals surface area contributed by atoms with Crippen LogP contribution in [0.4, 0.5) is 5.95 Å². The van der Waals surface area contributed by atoms with Gasteiger partial charge >= 0.3 is 5.97 Å². The van der Waals surface area contributed by atoms with Gasteiger partial charge in [-0.05, 0) is 63.2 Å². The third kappa shape index (κ3) is 5.99. The van der Waals surface area contributed by atoms with Gasteiger partial charge in [0.1, 0.15) is 17.5 Å². The lowest BCUT2D eigenvalue weighted by Crippen LogP contribution is -2.29. The molecule has 0 aliphatic heterocycles. The molecular formula is C24H33N7O5. The standard InChI is InChI=1S/C24H33N7O5/c1-5-11-34-15(3)22-27-24(29-36-22)25-13-19-21(28-30-31(19)4)18-9-10-20(14(2)26-18)35-17-8-6-7-16(12-17)23(32)33/h9-10,15-17H,5-8,11-13H2,1-4H3,(H,25,29)(H,32,33)/t15-,16-,17-/m0/s1. The topological polar surface area (TPSA) is 150 Å². The van der Waals surface area contributed by atoms with Gasteiger partial charge in [-0.15, -0.1) is 5.10 Å². The van der Waals surface area contributed by atoms with E-state index in [0.717, 1.165) is 25.0 Å². The Morgan fingerprint density at radius 2 is 2.17 bits per heavy atom. The van der Waals surface area contributed by atoms with Crippen molar-refractivity contribution in [1.82, 2.24) is 30.1 Å². The fourth-order valence-corrected chi connectivity index (χ4v) is 4.24. The predicted octanol–water partition coefficient (Wildman–Crippen LogP) is 3.69. The van der Waals surface area contributed by atoms with Crippen molar-refractivity contribution in [3.8, 4) is 17.1 Å². The monoisotopic (exact) mass is 499 g/mol. The molecule has 1 aliphatic rings. The van der Waals surface area contributed by atoms with Gasteiger partial charge in [0, 0.05) is 13.7 Å². The maximum atomic E-state index is 11.4. The molecule has 0 radical (unpaired) electrons. The SMILES string of the molecule is CCCO[C@@H](C)c1nc(NCc2c(-c3ccc(O[C@H]4CCC[C@H](C(=O)O)C4)c(C)n3)nnn2C)no1. The first-order valence-corrected chi connectivity index (χ1v) is 12.3. The zero-order valence-electron chi connectivity index (χ0n) is 21.1. The van der Waals surface area contributed by atoms with Gasteiger partial charge in [0.05, 0.1) is 35.6 Å². The molecule has 3 atom stereocenters. The Balaban J connectivity index is 1.43. The zero-order chi connectivity index (χ0) is 25.7. The summed E-state index contributed by atoms with van der Waals surface area (Å²) >= 11 is 0. The van der Waals surface area contributed by atoms with Crippen molar-refractivity contribution in [2.75, 3.05) is 11.9 Å². The summed E-state index contributed by atoms with van der Waals surface area (Å²) < 4.78 is 18.7. The molecule has 1 fully saturated rings. The lowest BCUT2D eigenvalue weighted by Gasteiger charge is -2.27. The molecule has 1 aliphatic carbocycles. The van der Waals surface area contributed by atoms with Gasteiger partial charge in [-0.25, -0.2) is 9.67 Å². The molecule has 1 saturated carbocycles. The van der Waals surface area contributed by atoms with Crippen molar-refractivity contribution in [3.63, 3.8) is 0 Å². The van der Waals surface area contributed by atoms with E-state index in [1.807, 2.05) is 40.0 Å². The van der Waals surface area contributed by atoms with E-state index in [0.29, 0.717) is 60.7 Å². The summed E-state index contributed by atoms with van der Waals surface area (Å²) in [6.07, 6.45) is 3.40. The maximum Gasteiger partial charge on any atom is 0.306 e. The van der Waals surface area contributed by atoms with Crippen LogP contribution in [0.25, 0.3) is 11.4 Å². The second kappa shape index (κ2) is 11.5. The number of aliphatic carboxylic acids is 1. The molecule has 194 valence electrons. The predicted molar refractivity (Wildman–Crippen MR) is 129 cm³/mol. The van der Waals surface area contributed by atoms with Gasteiger partial charge in [-0.3, -0.25) is 4.79 Å². The number of nitrogens with one attached hydrogen (secondary N) is 1. The van der Waals surface area contributed by atoms with E-state index in [1.165, 1.54) is 0 Å². The average molecular weight is 500 g/mol. The minimum atomic E-state index is -0.756. The minimum absolute atomic E-state index is 0.127. The van der Waals surface area contributed by atoms with E-state index in [1.54, 1.807) is 4.68 Å². The minimum Gasteiger partial charge on any atom is -0.489 e. The Hall–Kier alpha value is -3.54. The Kier molecular flexibility index (Phi) is 8.14. The fourth-order valence-electron chi connectivity index (χ4n) is 4.24. The van der Waals surface area contributed by atoms with Crippen LogP contribution < -0.4 is 10.1 Å². The highest BCUT2D eigenvalue weighted by molar-refractivity contribution is 5.70. The largest absolute Gasteiger partial charge is 0.489 e. The fraction of sp³-hybridized carbons (Fsp3) is 0.583. The first kappa shape index (κ1) is 25.5. The van der Waals surface area contributed by atoms with Crippen LogP contribution in [0.5, 0.6) is 5.75 Å². The van der Waals surface area contributed by atoms with Gasteiger partial charge in [0.2, 0.25) is 0 Å². The first-order valence-electron chi connectivity index (χ1n) is 12.3. The van der Waals surface area contributed by atoms with E-state index < -0.39 is 5.97 Å². The Morgan fingerprint density at radius 3 is 2.92 bits per heavy atom.